The third kappa shape index (κ3) is 2.50. The lowest BCUT2D eigenvalue weighted by molar-refractivity contribution is 0.0939. The Kier molecular flexibility index (Phi) is 3.18. The average molecular weight is 233 g/mol. The summed E-state index contributed by atoms with van der Waals surface area (Å²) in [5.41, 5.74) is 0.887. The summed E-state index contributed by atoms with van der Waals surface area (Å²) in [5, 5.41) is 8.93. The van der Waals surface area contributed by atoms with Crippen LogP contribution in [0.5, 0.6) is 0 Å². The summed E-state index contributed by atoms with van der Waals surface area (Å²) in [7, 11) is 0. The Bertz CT molecular complexity index is 510. The number of carbonyl (C=O) groups excluding carboxylic acids is 1. The molecule has 5 heteroatoms. The Morgan fingerprint density at radius 2 is 2.24 bits per heavy atom. The first-order chi connectivity index (χ1) is 8.18. The van der Waals surface area contributed by atoms with Crippen molar-refractivity contribution in [3.63, 3.8) is 0 Å². The van der Waals surface area contributed by atoms with Crippen molar-refractivity contribution in [3.05, 3.63) is 53.6 Å². The van der Waals surface area contributed by atoms with E-state index in [9.17, 15) is 9.18 Å². The highest BCUT2D eigenvalue weighted by Gasteiger charge is 2.14. The molecule has 1 aromatic carbocycles. The van der Waals surface area contributed by atoms with Crippen LogP contribution in [-0.2, 0) is 0 Å². The van der Waals surface area contributed by atoms with Crippen LogP contribution >= 0.6 is 0 Å². The first-order valence-electron chi connectivity index (χ1n) is 5.22. The van der Waals surface area contributed by atoms with Crippen molar-refractivity contribution < 1.29 is 9.18 Å². The summed E-state index contributed by atoms with van der Waals surface area (Å²) < 4.78 is 13.5. The van der Waals surface area contributed by atoms with E-state index in [1.807, 2.05) is 0 Å². The minimum Gasteiger partial charge on any atom is -0.345 e. The van der Waals surface area contributed by atoms with Crippen LogP contribution in [0.15, 0.2) is 36.7 Å². The maximum atomic E-state index is 13.5. The van der Waals surface area contributed by atoms with Crippen LogP contribution in [0.3, 0.4) is 0 Å². The molecule has 0 radical (unpaired) electrons. The number of amides is 1. The van der Waals surface area contributed by atoms with Crippen LogP contribution in [0, 0.1) is 5.82 Å². The molecule has 2 rings (SSSR count). The van der Waals surface area contributed by atoms with E-state index in [-0.39, 0.29) is 11.7 Å². The van der Waals surface area contributed by atoms with Crippen LogP contribution in [0.2, 0.25) is 0 Å². The Balaban J connectivity index is 2.10. The number of benzene rings is 1. The third-order valence-corrected chi connectivity index (χ3v) is 2.48. The Hall–Kier alpha value is -2.17. The fourth-order valence-electron chi connectivity index (χ4n) is 1.56. The van der Waals surface area contributed by atoms with Gasteiger partial charge in [-0.15, -0.1) is 0 Å². The van der Waals surface area contributed by atoms with Gasteiger partial charge in [0.15, 0.2) is 0 Å². The van der Waals surface area contributed by atoms with E-state index in [2.05, 4.69) is 15.5 Å². The second kappa shape index (κ2) is 4.78. The van der Waals surface area contributed by atoms with E-state index in [1.54, 1.807) is 25.1 Å². The zero-order chi connectivity index (χ0) is 12.3. The van der Waals surface area contributed by atoms with Crippen LogP contribution in [-0.4, -0.2) is 16.1 Å². The van der Waals surface area contributed by atoms with E-state index in [4.69, 9.17) is 0 Å². The van der Waals surface area contributed by atoms with Crippen LogP contribution in [0.1, 0.15) is 28.9 Å². The van der Waals surface area contributed by atoms with Gasteiger partial charge < -0.3 is 5.32 Å². The van der Waals surface area contributed by atoms with Gasteiger partial charge in [0.25, 0.3) is 5.91 Å². The lowest BCUT2D eigenvalue weighted by Crippen LogP contribution is -2.26. The summed E-state index contributed by atoms with van der Waals surface area (Å²) in [6.07, 6.45) is 2.91. The van der Waals surface area contributed by atoms with Gasteiger partial charge in [-0.2, -0.15) is 5.10 Å². The number of rotatable bonds is 3. The minimum atomic E-state index is -0.390. The van der Waals surface area contributed by atoms with Crippen LogP contribution in [0.25, 0.3) is 0 Å². The van der Waals surface area contributed by atoms with Crippen molar-refractivity contribution in [2.75, 3.05) is 0 Å². The highest BCUT2D eigenvalue weighted by molar-refractivity contribution is 5.93. The second-order valence-electron chi connectivity index (χ2n) is 3.70. The summed E-state index contributed by atoms with van der Waals surface area (Å²) in [5.74, 6) is -0.609. The number of carbonyl (C=O) groups is 1. The van der Waals surface area contributed by atoms with Crippen molar-refractivity contribution in [2.24, 2.45) is 0 Å². The average Bonchev–Trinajstić information content (AvgIpc) is 2.82. The molecule has 1 aromatic heterocycles. The zero-order valence-electron chi connectivity index (χ0n) is 9.27. The van der Waals surface area contributed by atoms with Gasteiger partial charge in [0.1, 0.15) is 5.82 Å². The number of aromatic amines is 1. The van der Waals surface area contributed by atoms with E-state index < -0.39 is 6.04 Å². The Morgan fingerprint density at radius 3 is 2.88 bits per heavy atom. The van der Waals surface area contributed by atoms with Crippen molar-refractivity contribution in [3.8, 4) is 0 Å². The molecule has 0 spiro atoms. The first-order valence-corrected chi connectivity index (χ1v) is 5.22. The van der Waals surface area contributed by atoms with Crippen molar-refractivity contribution in [2.45, 2.75) is 13.0 Å². The number of nitrogens with one attached hydrogen (secondary N) is 2. The molecule has 0 saturated carbocycles. The fraction of sp³-hybridized carbons (Fsp3) is 0.167. The maximum absolute atomic E-state index is 13.5. The molecular formula is C12H12FN3O. The van der Waals surface area contributed by atoms with Crippen molar-refractivity contribution in [1.29, 1.82) is 0 Å². The largest absolute Gasteiger partial charge is 0.345 e. The van der Waals surface area contributed by atoms with E-state index in [1.165, 1.54) is 18.5 Å². The Morgan fingerprint density at radius 1 is 1.47 bits per heavy atom. The molecule has 1 atom stereocenters. The number of hydrogen-bond donors (Lipinski definition) is 2. The number of nitrogens with zero attached hydrogens (tertiary/aromatic N) is 1. The van der Waals surface area contributed by atoms with Gasteiger partial charge in [0.2, 0.25) is 0 Å². The number of H-pyrrole nitrogens is 1. The molecule has 1 heterocycles. The smallest absolute Gasteiger partial charge is 0.254 e. The second-order valence-corrected chi connectivity index (χ2v) is 3.70. The van der Waals surface area contributed by atoms with E-state index in [0.717, 1.165) is 0 Å². The molecule has 0 aliphatic heterocycles. The zero-order valence-corrected chi connectivity index (χ0v) is 9.27. The summed E-state index contributed by atoms with van der Waals surface area (Å²) in [6, 6.07) is 5.98. The van der Waals surface area contributed by atoms with Gasteiger partial charge in [-0.25, -0.2) is 4.39 Å². The summed E-state index contributed by atoms with van der Waals surface area (Å²) in [4.78, 5) is 11.7. The molecule has 0 aliphatic carbocycles. The number of aromatic nitrogens is 2. The molecule has 1 unspecified atom stereocenters. The van der Waals surface area contributed by atoms with Gasteiger partial charge in [-0.05, 0) is 13.0 Å². The molecule has 1 amide bonds. The van der Waals surface area contributed by atoms with Crippen molar-refractivity contribution in [1.82, 2.24) is 15.5 Å². The quantitative estimate of drug-likeness (QED) is 0.852. The third-order valence-electron chi connectivity index (χ3n) is 2.48. The normalized spacial score (nSPS) is 12.1. The fourth-order valence-corrected chi connectivity index (χ4v) is 1.56. The molecule has 88 valence electrons. The first kappa shape index (κ1) is 11.3. The molecule has 17 heavy (non-hydrogen) atoms. The van der Waals surface area contributed by atoms with Crippen LogP contribution in [0.4, 0.5) is 4.39 Å². The highest BCUT2D eigenvalue weighted by Crippen LogP contribution is 2.16. The van der Waals surface area contributed by atoms with Gasteiger partial charge >= 0.3 is 0 Å². The Labute approximate surface area is 97.9 Å². The molecule has 4 nitrogen and oxygen atoms in total. The number of hydrogen-bond acceptors (Lipinski definition) is 2. The lowest BCUT2D eigenvalue weighted by Gasteiger charge is -2.14. The standard InChI is InChI=1S/C12H12FN3O/c1-8(10-4-2-3-5-11(10)13)16-12(17)9-6-14-15-7-9/h2-8H,1H3,(H,14,15)(H,16,17). The van der Waals surface area contributed by atoms with Gasteiger partial charge in [0, 0.05) is 11.8 Å². The van der Waals surface area contributed by atoms with Gasteiger partial charge in [-0.3, -0.25) is 9.89 Å². The molecule has 0 saturated heterocycles. The molecular weight excluding hydrogens is 221 g/mol. The summed E-state index contributed by atoms with van der Waals surface area (Å²) in [6.45, 7) is 1.73. The van der Waals surface area contributed by atoms with Crippen molar-refractivity contribution >= 4 is 5.91 Å². The predicted octanol–water partition coefficient (Wildman–Crippen LogP) is 2.04. The van der Waals surface area contributed by atoms with Gasteiger partial charge in [0.05, 0.1) is 17.8 Å². The number of halogens is 1. The predicted molar refractivity (Wildman–Crippen MR) is 60.9 cm³/mol. The van der Waals surface area contributed by atoms with E-state index in [0.29, 0.717) is 11.1 Å². The van der Waals surface area contributed by atoms with E-state index >= 15 is 0 Å². The lowest BCUT2D eigenvalue weighted by atomic mass is 10.1. The topological polar surface area (TPSA) is 57.8 Å². The van der Waals surface area contributed by atoms with Gasteiger partial charge in [-0.1, -0.05) is 18.2 Å². The molecule has 0 fully saturated rings. The molecule has 2 N–H and O–H groups in total. The highest BCUT2D eigenvalue weighted by atomic mass is 19.1. The molecule has 0 aliphatic rings. The SMILES string of the molecule is CC(NC(=O)c1cn[nH]c1)c1ccccc1F. The summed E-state index contributed by atoms with van der Waals surface area (Å²) >= 11 is 0. The molecule has 0 bridgehead atoms. The maximum Gasteiger partial charge on any atom is 0.254 e. The monoisotopic (exact) mass is 233 g/mol. The van der Waals surface area contributed by atoms with Crippen LogP contribution < -0.4 is 5.32 Å². The molecule has 2 aromatic rings. The minimum absolute atomic E-state index is 0.283.